The number of carbonyl (C=O) groups excluding carboxylic acids is 1. The second-order valence-electron chi connectivity index (χ2n) is 4.31. The van der Waals surface area contributed by atoms with Crippen LogP contribution in [0.4, 0.5) is 0 Å². The van der Waals surface area contributed by atoms with Crippen LogP contribution in [0.1, 0.15) is 13.3 Å². The predicted molar refractivity (Wildman–Crippen MR) is 70.5 cm³/mol. The normalized spacial score (nSPS) is 16.5. The quantitative estimate of drug-likeness (QED) is 0.387. The van der Waals surface area contributed by atoms with Gasteiger partial charge in [0.25, 0.3) is 0 Å². The predicted octanol–water partition coefficient (Wildman–Crippen LogP) is 0.418. The van der Waals surface area contributed by atoms with Gasteiger partial charge in [0.1, 0.15) is 0 Å². The minimum absolute atomic E-state index is 0.307. The number of hydrogen-bond acceptors (Lipinski definition) is 5. The first-order chi connectivity index (χ1) is 8.74. The third-order valence-electron chi connectivity index (χ3n) is 2.83. The molecule has 0 amide bonds. The summed E-state index contributed by atoms with van der Waals surface area (Å²) in [6.07, 6.45) is 1.07. The SMILES string of the molecule is C=C(CNCCCN1CCOCC1)C(=O)OCC. The van der Waals surface area contributed by atoms with Crippen LogP contribution in [0.15, 0.2) is 12.2 Å². The summed E-state index contributed by atoms with van der Waals surface area (Å²) in [4.78, 5) is 13.7. The summed E-state index contributed by atoms with van der Waals surface area (Å²) in [6, 6.07) is 0. The number of morpholine rings is 1. The number of nitrogens with zero attached hydrogens (tertiary/aromatic N) is 1. The number of ether oxygens (including phenoxy) is 2. The number of carbonyl (C=O) groups is 1. The van der Waals surface area contributed by atoms with Gasteiger partial charge in [0.05, 0.1) is 19.8 Å². The van der Waals surface area contributed by atoms with E-state index in [2.05, 4.69) is 16.8 Å². The molecule has 5 heteroatoms. The molecule has 104 valence electrons. The Labute approximate surface area is 109 Å². The van der Waals surface area contributed by atoms with Crippen LogP contribution >= 0.6 is 0 Å². The maximum Gasteiger partial charge on any atom is 0.334 e. The van der Waals surface area contributed by atoms with E-state index in [1.807, 2.05) is 0 Å². The van der Waals surface area contributed by atoms with Crippen molar-refractivity contribution in [3.63, 3.8) is 0 Å². The molecule has 18 heavy (non-hydrogen) atoms. The van der Waals surface area contributed by atoms with Gasteiger partial charge in [0.15, 0.2) is 0 Å². The molecule has 0 bridgehead atoms. The van der Waals surface area contributed by atoms with Gasteiger partial charge in [0, 0.05) is 25.2 Å². The highest BCUT2D eigenvalue weighted by molar-refractivity contribution is 5.88. The zero-order valence-electron chi connectivity index (χ0n) is 11.2. The lowest BCUT2D eigenvalue weighted by atomic mass is 10.3. The molecule has 0 aliphatic carbocycles. The zero-order chi connectivity index (χ0) is 13.2. The monoisotopic (exact) mass is 256 g/mol. The van der Waals surface area contributed by atoms with Gasteiger partial charge >= 0.3 is 5.97 Å². The number of nitrogens with one attached hydrogen (secondary N) is 1. The smallest absolute Gasteiger partial charge is 0.334 e. The minimum Gasteiger partial charge on any atom is -0.463 e. The molecular formula is C13H24N2O3. The molecule has 0 aromatic rings. The molecule has 0 radical (unpaired) electrons. The lowest BCUT2D eigenvalue weighted by molar-refractivity contribution is -0.138. The lowest BCUT2D eigenvalue weighted by Gasteiger charge is -2.26. The molecule has 1 fully saturated rings. The molecule has 1 saturated heterocycles. The maximum atomic E-state index is 11.3. The second-order valence-corrected chi connectivity index (χ2v) is 4.31. The van der Waals surface area contributed by atoms with Crippen molar-refractivity contribution >= 4 is 5.97 Å². The Hall–Kier alpha value is -0.910. The van der Waals surface area contributed by atoms with Crippen LogP contribution in [0, 0.1) is 0 Å². The van der Waals surface area contributed by atoms with Gasteiger partial charge in [-0.1, -0.05) is 6.58 Å². The molecule has 0 spiro atoms. The van der Waals surface area contributed by atoms with Gasteiger partial charge in [-0.3, -0.25) is 4.90 Å². The Morgan fingerprint density at radius 2 is 2.17 bits per heavy atom. The van der Waals surface area contributed by atoms with Crippen molar-refractivity contribution in [1.82, 2.24) is 10.2 Å². The van der Waals surface area contributed by atoms with Gasteiger partial charge in [0.2, 0.25) is 0 Å². The maximum absolute atomic E-state index is 11.3. The fourth-order valence-corrected chi connectivity index (χ4v) is 1.80. The summed E-state index contributed by atoms with van der Waals surface area (Å²) in [5, 5.41) is 3.21. The van der Waals surface area contributed by atoms with Crippen LogP contribution < -0.4 is 5.32 Å². The molecule has 1 aliphatic heterocycles. The molecule has 0 aromatic heterocycles. The first-order valence-corrected chi connectivity index (χ1v) is 6.59. The largest absolute Gasteiger partial charge is 0.463 e. The van der Waals surface area contributed by atoms with E-state index in [1.54, 1.807) is 6.92 Å². The van der Waals surface area contributed by atoms with Gasteiger partial charge in [-0.05, 0) is 26.4 Å². The number of rotatable bonds is 8. The van der Waals surface area contributed by atoms with Crippen LogP contribution in [0.2, 0.25) is 0 Å². The molecule has 1 N–H and O–H groups in total. The van der Waals surface area contributed by atoms with Crippen molar-refractivity contribution in [1.29, 1.82) is 0 Å². The summed E-state index contributed by atoms with van der Waals surface area (Å²) < 4.78 is 10.1. The Morgan fingerprint density at radius 1 is 1.44 bits per heavy atom. The Balaban J connectivity index is 1.97. The third kappa shape index (κ3) is 6.14. The van der Waals surface area contributed by atoms with Crippen LogP contribution in [0.5, 0.6) is 0 Å². The molecule has 5 nitrogen and oxygen atoms in total. The molecule has 0 unspecified atom stereocenters. The minimum atomic E-state index is -0.307. The first-order valence-electron chi connectivity index (χ1n) is 6.59. The van der Waals surface area contributed by atoms with Gasteiger partial charge in [-0.2, -0.15) is 0 Å². The fourth-order valence-electron chi connectivity index (χ4n) is 1.80. The summed E-state index contributed by atoms with van der Waals surface area (Å²) >= 11 is 0. The highest BCUT2D eigenvalue weighted by Crippen LogP contribution is 1.97. The average molecular weight is 256 g/mol. The molecule has 1 heterocycles. The topological polar surface area (TPSA) is 50.8 Å². The third-order valence-corrected chi connectivity index (χ3v) is 2.83. The highest BCUT2D eigenvalue weighted by atomic mass is 16.5. The van der Waals surface area contributed by atoms with E-state index >= 15 is 0 Å². The van der Waals surface area contributed by atoms with Crippen LogP contribution in [0.3, 0.4) is 0 Å². The Morgan fingerprint density at radius 3 is 2.83 bits per heavy atom. The second kappa shape index (κ2) is 9.08. The fraction of sp³-hybridized carbons (Fsp3) is 0.769. The number of hydrogen-bond donors (Lipinski definition) is 1. The standard InChI is InChI=1S/C13H24N2O3/c1-3-18-13(16)12(2)11-14-5-4-6-15-7-9-17-10-8-15/h14H,2-11H2,1H3. The van der Waals surface area contributed by atoms with Crippen LogP contribution in [0.25, 0.3) is 0 Å². The van der Waals surface area contributed by atoms with E-state index in [0.29, 0.717) is 18.7 Å². The van der Waals surface area contributed by atoms with Crippen molar-refractivity contribution in [3.8, 4) is 0 Å². The van der Waals surface area contributed by atoms with E-state index in [1.165, 1.54) is 0 Å². The molecule has 0 atom stereocenters. The lowest BCUT2D eigenvalue weighted by Crippen LogP contribution is -2.37. The molecule has 0 saturated carbocycles. The van der Waals surface area contributed by atoms with Gasteiger partial charge in [-0.15, -0.1) is 0 Å². The first kappa shape index (κ1) is 15.1. The summed E-state index contributed by atoms with van der Waals surface area (Å²) in [7, 11) is 0. The zero-order valence-corrected chi connectivity index (χ0v) is 11.2. The van der Waals surface area contributed by atoms with Gasteiger partial charge in [-0.25, -0.2) is 4.79 Å². The summed E-state index contributed by atoms with van der Waals surface area (Å²) in [5.41, 5.74) is 0.489. The highest BCUT2D eigenvalue weighted by Gasteiger charge is 2.09. The Kier molecular flexibility index (Phi) is 7.64. The van der Waals surface area contributed by atoms with E-state index in [9.17, 15) is 4.79 Å². The van der Waals surface area contributed by atoms with Crippen LogP contribution in [-0.4, -0.2) is 63.4 Å². The van der Waals surface area contributed by atoms with E-state index in [4.69, 9.17) is 9.47 Å². The summed E-state index contributed by atoms with van der Waals surface area (Å²) in [6.45, 7) is 12.1. The van der Waals surface area contributed by atoms with E-state index < -0.39 is 0 Å². The number of esters is 1. The molecule has 1 rings (SSSR count). The van der Waals surface area contributed by atoms with Crippen molar-refractivity contribution in [2.24, 2.45) is 0 Å². The van der Waals surface area contributed by atoms with Crippen molar-refractivity contribution in [2.45, 2.75) is 13.3 Å². The van der Waals surface area contributed by atoms with Gasteiger partial charge < -0.3 is 14.8 Å². The van der Waals surface area contributed by atoms with Crippen LogP contribution in [-0.2, 0) is 14.3 Å². The molecular weight excluding hydrogens is 232 g/mol. The van der Waals surface area contributed by atoms with E-state index in [-0.39, 0.29) is 5.97 Å². The van der Waals surface area contributed by atoms with Crippen molar-refractivity contribution < 1.29 is 14.3 Å². The van der Waals surface area contributed by atoms with Crippen molar-refractivity contribution in [2.75, 3.05) is 52.5 Å². The van der Waals surface area contributed by atoms with E-state index in [0.717, 1.165) is 45.8 Å². The Bertz CT molecular complexity index is 263. The molecule has 0 aromatic carbocycles. The summed E-state index contributed by atoms with van der Waals surface area (Å²) in [5.74, 6) is -0.307. The average Bonchev–Trinajstić information content (AvgIpc) is 2.39. The van der Waals surface area contributed by atoms with Crippen molar-refractivity contribution in [3.05, 3.63) is 12.2 Å². The molecule has 1 aliphatic rings.